The van der Waals surface area contributed by atoms with Gasteiger partial charge >= 0.3 is 5.97 Å². The first kappa shape index (κ1) is 11.6. The molecule has 0 aromatic heterocycles. The normalized spacial score (nSPS) is 27.1. The molecule has 4 nitrogen and oxygen atoms in total. The summed E-state index contributed by atoms with van der Waals surface area (Å²) in [5, 5.41) is 9.24. The molecule has 1 heterocycles. The third kappa shape index (κ3) is 2.74. The number of methoxy groups -OCH3 is 1. The number of aliphatic hydroxyl groups excluding tert-OH is 1. The maximum absolute atomic E-state index is 10.9. The Balaban J connectivity index is 2.69. The molecule has 1 aliphatic heterocycles. The van der Waals surface area contributed by atoms with Crippen molar-refractivity contribution in [2.24, 2.45) is 5.41 Å². The molecule has 1 N–H and O–H groups in total. The van der Waals surface area contributed by atoms with E-state index in [-0.39, 0.29) is 6.61 Å². The molecular weight excluding hydrogens is 196 g/mol. The summed E-state index contributed by atoms with van der Waals surface area (Å²) >= 11 is 0. The lowest BCUT2D eigenvalue weighted by atomic mass is 9.84. The standard InChI is InChI=1S/C11H14O4/c1-3-4-11(7-12)6-9(15-8-11)5-10(13)14-2/h1,5,12H,4,6-8H2,2H3/b9-5-. The molecule has 0 amide bonds. The van der Waals surface area contributed by atoms with E-state index in [0.29, 0.717) is 25.2 Å². The SMILES string of the molecule is C#CCC1(CO)CO/C(=C\C(=O)OC)C1. The molecule has 1 saturated heterocycles. The van der Waals surface area contributed by atoms with Crippen molar-refractivity contribution in [3.8, 4) is 12.3 Å². The van der Waals surface area contributed by atoms with Gasteiger partial charge in [-0.3, -0.25) is 0 Å². The van der Waals surface area contributed by atoms with E-state index in [1.54, 1.807) is 0 Å². The molecular formula is C11H14O4. The monoisotopic (exact) mass is 210 g/mol. The van der Waals surface area contributed by atoms with Crippen LogP contribution in [0.3, 0.4) is 0 Å². The lowest BCUT2D eigenvalue weighted by Gasteiger charge is -2.19. The fraction of sp³-hybridized carbons (Fsp3) is 0.545. The van der Waals surface area contributed by atoms with Crippen molar-refractivity contribution in [3.63, 3.8) is 0 Å². The molecule has 4 heteroatoms. The van der Waals surface area contributed by atoms with Gasteiger partial charge in [0, 0.05) is 18.3 Å². The Morgan fingerprint density at radius 2 is 2.60 bits per heavy atom. The molecule has 0 aliphatic carbocycles. The number of allylic oxidation sites excluding steroid dienone is 1. The summed E-state index contributed by atoms with van der Waals surface area (Å²) in [5.74, 6) is 2.57. The molecule has 1 rings (SSSR count). The van der Waals surface area contributed by atoms with E-state index in [1.165, 1.54) is 13.2 Å². The summed E-state index contributed by atoms with van der Waals surface area (Å²) in [4.78, 5) is 10.9. The second-order valence-electron chi connectivity index (χ2n) is 3.64. The smallest absolute Gasteiger partial charge is 0.333 e. The number of esters is 1. The zero-order valence-corrected chi connectivity index (χ0v) is 8.66. The zero-order valence-electron chi connectivity index (χ0n) is 8.66. The Morgan fingerprint density at radius 3 is 3.13 bits per heavy atom. The quantitative estimate of drug-likeness (QED) is 0.418. The van der Waals surface area contributed by atoms with Gasteiger partial charge in [-0.2, -0.15) is 0 Å². The summed E-state index contributed by atoms with van der Waals surface area (Å²) in [6.07, 6.45) is 7.41. The largest absolute Gasteiger partial charge is 0.497 e. The third-order valence-corrected chi connectivity index (χ3v) is 2.41. The van der Waals surface area contributed by atoms with E-state index in [4.69, 9.17) is 11.2 Å². The molecule has 0 bridgehead atoms. The Bertz CT molecular complexity index is 313. The van der Waals surface area contributed by atoms with E-state index in [2.05, 4.69) is 10.7 Å². The summed E-state index contributed by atoms with van der Waals surface area (Å²) in [7, 11) is 1.30. The molecule has 0 aromatic rings. The van der Waals surface area contributed by atoms with Crippen LogP contribution >= 0.6 is 0 Å². The van der Waals surface area contributed by atoms with Crippen molar-refractivity contribution in [2.45, 2.75) is 12.8 Å². The summed E-state index contributed by atoms with van der Waals surface area (Å²) in [6.45, 7) is 0.298. The van der Waals surface area contributed by atoms with Crippen LogP contribution in [-0.4, -0.2) is 31.4 Å². The minimum atomic E-state index is -0.459. The number of carbonyl (C=O) groups excluding carboxylic acids is 1. The van der Waals surface area contributed by atoms with Crippen LogP contribution in [0.2, 0.25) is 0 Å². The van der Waals surface area contributed by atoms with E-state index >= 15 is 0 Å². The van der Waals surface area contributed by atoms with E-state index < -0.39 is 11.4 Å². The molecule has 0 radical (unpaired) electrons. The molecule has 1 unspecified atom stereocenters. The molecule has 0 saturated carbocycles. The van der Waals surface area contributed by atoms with Crippen molar-refractivity contribution < 1.29 is 19.4 Å². The average Bonchev–Trinajstić information content (AvgIpc) is 2.63. The van der Waals surface area contributed by atoms with Crippen LogP contribution in [0.4, 0.5) is 0 Å². The van der Waals surface area contributed by atoms with Crippen LogP contribution in [0.25, 0.3) is 0 Å². The van der Waals surface area contributed by atoms with Crippen LogP contribution < -0.4 is 0 Å². The van der Waals surface area contributed by atoms with Crippen LogP contribution in [-0.2, 0) is 14.3 Å². The predicted molar refractivity (Wildman–Crippen MR) is 53.6 cm³/mol. The van der Waals surface area contributed by atoms with Gasteiger partial charge < -0.3 is 14.6 Å². The molecule has 1 atom stereocenters. The maximum Gasteiger partial charge on any atom is 0.333 e. The van der Waals surface area contributed by atoms with Crippen molar-refractivity contribution in [2.75, 3.05) is 20.3 Å². The summed E-state index contributed by atoms with van der Waals surface area (Å²) < 4.78 is 9.77. The molecule has 82 valence electrons. The molecule has 15 heavy (non-hydrogen) atoms. The minimum absolute atomic E-state index is 0.0459. The van der Waals surface area contributed by atoms with Crippen molar-refractivity contribution >= 4 is 5.97 Å². The molecule has 1 fully saturated rings. The van der Waals surface area contributed by atoms with Gasteiger partial charge in [-0.25, -0.2) is 4.79 Å². The number of terminal acetylenes is 1. The van der Waals surface area contributed by atoms with E-state index in [0.717, 1.165) is 0 Å². The summed E-state index contributed by atoms with van der Waals surface area (Å²) in [6, 6.07) is 0. The lowest BCUT2D eigenvalue weighted by Crippen LogP contribution is -2.24. The predicted octanol–water partition coefficient (Wildman–Crippen LogP) is 0.466. The van der Waals surface area contributed by atoms with Crippen LogP contribution in [0.15, 0.2) is 11.8 Å². The van der Waals surface area contributed by atoms with Crippen molar-refractivity contribution in [1.82, 2.24) is 0 Å². The Hall–Kier alpha value is -1.47. The first-order valence-electron chi connectivity index (χ1n) is 4.61. The number of aliphatic hydroxyl groups is 1. The fourth-order valence-corrected chi connectivity index (χ4v) is 1.49. The van der Waals surface area contributed by atoms with Gasteiger partial charge in [0.1, 0.15) is 5.76 Å². The van der Waals surface area contributed by atoms with Gasteiger partial charge in [0.25, 0.3) is 0 Å². The van der Waals surface area contributed by atoms with Crippen molar-refractivity contribution in [1.29, 1.82) is 0 Å². The van der Waals surface area contributed by atoms with Crippen LogP contribution in [0, 0.1) is 17.8 Å². The Kier molecular flexibility index (Phi) is 3.75. The van der Waals surface area contributed by atoms with E-state index in [9.17, 15) is 9.90 Å². The van der Waals surface area contributed by atoms with Crippen molar-refractivity contribution in [3.05, 3.63) is 11.8 Å². The highest BCUT2D eigenvalue weighted by Crippen LogP contribution is 2.37. The number of rotatable bonds is 3. The topological polar surface area (TPSA) is 55.8 Å². The number of hydrogen-bond donors (Lipinski definition) is 1. The Labute approximate surface area is 88.9 Å². The third-order valence-electron chi connectivity index (χ3n) is 2.41. The number of hydrogen-bond acceptors (Lipinski definition) is 4. The molecule has 0 spiro atoms. The first-order chi connectivity index (χ1) is 7.15. The zero-order chi connectivity index (χ0) is 11.3. The number of ether oxygens (including phenoxy) is 2. The van der Waals surface area contributed by atoms with Gasteiger partial charge in [0.05, 0.1) is 26.4 Å². The molecule has 1 aliphatic rings. The average molecular weight is 210 g/mol. The van der Waals surface area contributed by atoms with Gasteiger partial charge in [-0.15, -0.1) is 12.3 Å². The Morgan fingerprint density at radius 1 is 1.87 bits per heavy atom. The summed E-state index contributed by atoms with van der Waals surface area (Å²) in [5.41, 5.74) is -0.436. The van der Waals surface area contributed by atoms with Gasteiger partial charge in [0.2, 0.25) is 0 Å². The van der Waals surface area contributed by atoms with E-state index in [1.807, 2.05) is 0 Å². The van der Waals surface area contributed by atoms with Crippen LogP contribution in [0.5, 0.6) is 0 Å². The highest BCUT2D eigenvalue weighted by Gasteiger charge is 2.37. The second kappa shape index (κ2) is 4.85. The fourth-order valence-electron chi connectivity index (χ4n) is 1.49. The first-order valence-corrected chi connectivity index (χ1v) is 4.61. The van der Waals surface area contributed by atoms with Gasteiger partial charge in [-0.05, 0) is 0 Å². The maximum atomic E-state index is 10.9. The minimum Gasteiger partial charge on any atom is -0.497 e. The number of carbonyl (C=O) groups is 1. The van der Waals surface area contributed by atoms with Gasteiger partial charge in [0.15, 0.2) is 0 Å². The van der Waals surface area contributed by atoms with Crippen LogP contribution in [0.1, 0.15) is 12.8 Å². The molecule has 0 aromatic carbocycles. The van der Waals surface area contributed by atoms with Gasteiger partial charge in [-0.1, -0.05) is 0 Å². The highest BCUT2D eigenvalue weighted by molar-refractivity contribution is 5.82. The second-order valence-corrected chi connectivity index (χ2v) is 3.64. The highest BCUT2D eigenvalue weighted by atomic mass is 16.5. The lowest BCUT2D eigenvalue weighted by molar-refractivity contribution is -0.135.